The van der Waals surface area contributed by atoms with Gasteiger partial charge in [-0.05, 0) is 61.8 Å². The van der Waals surface area contributed by atoms with E-state index in [0.717, 1.165) is 48.7 Å². The molecule has 0 aromatic carbocycles. The summed E-state index contributed by atoms with van der Waals surface area (Å²) in [5, 5.41) is 11.9. The minimum Gasteiger partial charge on any atom is -0.465 e. The minimum absolute atomic E-state index is 0.156. The molecule has 25 heavy (non-hydrogen) atoms. The highest BCUT2D eigenvalue weighted by Gasteiger charge is 2.31. The van der Waals surface area contributed by atoms with Gasteiger partial charge in [0.15, 0.2) is 0 Å². The maximum absolute atomic E-state index is 12.2. The molecular weight excluding hydrogens is 334 g/mol. The van der Waals surface area contributed by atoms with E-state index in [9.17, 15) is 9.90 Å². The smallest absolute Gasteiger partial charge is 0.350 e. The van der Waals surface area contributed by atoms with Gasteiger partial charge in [0, 0.05) is 12.6 Å². The Balaban J connectivity index is 1.79. The highest BCUT2D eigenvalue weighted by molar-refractivity contribution is 7.12. The van der Waals surface area contributed by atoms with E-state index < -0.39 is 0 Å². The maximum atomic E-state index is 12.2. The molecule has 0 spiro atoms. The van der Waals surface area contributed by atoms with Gasteiger partial charge in [-0.25, -0.2) is 4.79 Å². The van der Waals surface area contributed by atoms with E-state index in [4.69, 9.17) is 4.74 Å². The van der Waals surface area contributed by atoms with Crippen LogP contribution in [-0.4, -0.2) is 36.9 Å². The summed E-state index contributed by atoms with van der Waals surface area (Å²) in [5.74, 6) is 1.32. The number of hydrogen-bond acceptors (Lipinski definition) is 5. The van der Waals surface area contributed by atoms with Crippen LogP contribution in [-0.2, 0) is 4.74 Å². The summed E-state index contributed by atoms with van der Waals surface area (Å²) >= 11 is 1.47. The lowest BCUT2D eigenvalue weighted by Crippen LogP contribution is -2.43. The number of ether oxygens (including phenoxy) is 1. The molecule has 4 nitrogen and oxygen atoms in total. The van der Waals surface area contributed by atoms with Crippen molar-refractivity contribution < 1.29 is 14.6 Å². The summed E-state index contributed by atoms with van der Waals surface area (Å²) in [4.78, 5) is 15.4. The van der Waals surface area contributed by atoms with Crippen LogP contribution >= 0.6 is 11.3 Å². The first-order valence-electron chi connectivity index (χ1n) is 9.69. The van der Waals surface area contributed by atoms with Crippen molar-refractivity contribution in [2.45, 2.75) is 70.4 Å². The van der Waals surface area contributed by atoms with Crippen molar-refractivity contribution >= 4 is 23.0 Å². The first-order valence-corrected chi connectivity index (χ1v) is 10.6. The lowest BCUT2D eigenvalue weighted by Gasteiger charge is -2.40. The number of hydrogen-bond donors (Lipinski definition) is 1. The third kappa shape index (κ3) is 4.56. The van der Waals surface area contributed by atoms with Gasteiger partial charge in [-0.3, -0.25) is 0 Å². The molecule has 2 saturated carbocycles. The van der Waals surface area contributed by atoms with Crippen LogP contribution in [0.1, 0.15) is 68.0 Å². The highest BCUT2D eigenvalue weighted by atomic mass is 32.1. The molecule has 0 amide bonds. The van der Waals surface area contributed by atoms with E-state index in [1.54, 1.807) is 0 Å². The number of rotatable bonds is 5. The first kappa shape index (κ1) is 18.7. The Kier molecular flexibility index (Phi) is 6.39. The first-order chi connectivity index (χ1) is 12.1. The minimum atomic E-state index is -0.233. The maximum Gasteiger partial charge on any atom is 0.350 e. The number of anilines is 1. The monoisotopic (exact) mass is 365 g/mol. The van der Waals surface area contributed by atoms with Crippen LogP contribution in [0.25, 0.3) is 0 Å². The van der Waals surface area contributed by atoms with E-state index in [0.29, 0.717) is 12.0 Å². The molecule has 0 aliphatic heterocycles. The fourth-order valence-corrected chi connectivity index (χ4v) is 5.20. The van der Waals surface area contributed by atoms with E-state index in [1.165, 1.54) is 44.1 Å². The normalized spacial score (nSPS) is 30.0. The topological polar surface area (TPSA) is 49.8 Å². The van der Waals surface area contributed by atoms with Crippen molar-refractivity contribution in [2.75, 3.05) is 18.6 Å². The number of methoxy groups -OCH3 is 1. The highest BCUT2D eigenvalue weighted by Crippen LogP contribution is 2.36. The fraction of sp³-hybridized carbons (Fsp3) is 0.750. The number of nitrogens with zero attached hydrogens (tertiary/aromatic N) is 1. The molecule has 2 aliphatic rings. The molecular formula is C20H31NO3S. The van der Waals surface area contributed by atoms with Gasteiger partial charge in [-0.1, -0.05) is 19.8 Å². The summed E-state index contributed by atoms with van der Waals surface area (Å²) in [6, 6.07) is 2.49. The van der Waals surface area contributed by atoms with Crippen LogP contribution in [0.4, 0.5) is 5.69 Å². The molecule has 3 rings (SSSR count). The zero-order valence-corrected chi connectivity index (χ0v) is 16.3. The lowest BCUT2D eigenvalue weighted by molar-refractivity contribution is 0.0606. The molecule has 0 atom stereocenters. The Bertz CT molecular complexity index is 557. The van der Waals surface area contributed by atoms with Gasteiger partial charge in [-0.2, -0.15) is 0 Å². The quantitative estimate of drug-likeness (QED) is 0.782. The van der Waals surface area contributed by atoms with Gasteiger partial charge in [0.25, 0.3) is 0 Å². The molecule has 1 aromatic heterocycles. The zero-order valence-electron chi connectivity index (χ0n) is 15.4. The van der Waals surface area contributed by atoms with Crippen molar-refractivity contribution in [3.05, 3.63) is 16.3 Å². The summed E-state index contributed by atoms with van der Waals surface area (Å²) in [6.07, 6.45) is 8.76. The summed E-state index contributed by atoms with van der Waals surface area (Å²) in [5.41, 5.74) is 1.04. The standard InChI is InChI=1S/C20H31NO3S/c1-14-3-5-15(6-4-14)13-21(16-7-9-17(22)10-8-16)18-11-12-25-19(18)20(23)24-2/h11-12,14-17,22H,3-10,13H2,1-2H3. The molecule has 2 aliphatic carbocycles. The van der Waals surface area contributed by atoms with Crippen LogP contribution in [0, 0.1) is 11.8 Å². The molecule has 5 heteroatoms. The number of carbonyl (C=O) groups is 1. The predicted octanol–water partition coefficient (Wildman–Crippen LogP) is 4.47. The molecule has 2 fully saturated rings. The van der Waals surface area contributed by atoms with Gasteiger partial charge >= 0.3 is 5.97 Å². The fourth-order valence-electron chi connectivity index (χ4n) is 4.38. The van der Waals surface area contributed by atoms with Crippen LogP contribution < -0.4 is 4.90 Å². The van der Waals surface area contributed by atoms with Crippen molar-refractivity contribution in [2.24, 2.45) is 11.8 Å². The Morgan fingerprint density at radius 1 is 1.20 bits per heavy atom. The Hall–Kier alpha value is -1.07. The van der Waals surface area contributed by atoms with Crippen molar-refractivity contribution in [3.63, 3.8) is 0 Å². The third-order valence-corrected chi connectivity index (χ3v) is 6.91. The Morgan fingerprint density at radius 3 is 2.52 bits per heavy atom. The van der Waals surface area contributed by atoms with Crippen molar-refractivity contribution in [1.82, 2.24) is 0 Å². The lowest BCUT2D eigenvalue weighted by atomic mass is 9.82. The molecule has 1 heterocycles. The van der Waals surface area contributed by atoms with E-state index >= 15 is 0 Å². The molecule has 1 N–H and O–H groups in total. The van der Waals surface area contributed by atoms with Crippen LogP contribution in [0.2, 0.25) is 0 Å². The Labute approximate surface area is 155 Å². The molecule has 140 valence electrons. The second-order valence-electron chi connectivity index (χ2n) is 7.87. The summed E-state index contributed by atoms with van der Waals surface area (Å²) < 4.78 is 5.00. The van der Waals surface area contributed by atoms with Gasteiger partial charge in [0.1, 0.15) is 4.88 Å². The summed E-state index contributed by atoms with van der Waals surface area (Å²) in [7, 11) is 1.45. The second-order valence-corrected chi connectivity index (χ2v) is 8.78. The van der Waals surface area contributed by atoms with E-state index in [1.807, 2.05) is 5.38 Å². The van der Waals surface area contributed by atoms with Crippen LogP contribution in [0.15, 0.2) is 11.4 Å². The Morgan fingerprint density at radius 2 is 1.88 bits per heavy atom. The predicted molar refractivity (Wildman–Crippen MR) is 102 cm³/mol. The molecule has 0 saturated heterocycles. The molecule has 0 unspecified atom stereocenters. The van der Waals surface area contributed by atoms with Crippen molar-refractivity contribution in [1.29, 1.82) is 0 Å². The van der Waals surface area contributed by atoms with Crippen LogP contribution in [0.3, 0.4) is 0 Å². The zero-order chi connectivity index (χ0) is 17.8. The number of thiophene rings is 1. The SMILES string of the molecule is COC(=O)c1sccc1N(CC1CCC(C)CC1)C1CCC(O)CC1. The average Bonchev–Trinajstić information content (AvgIpc) is 3.11. The van der Waals surface area contributed by atoms with E-state index in [2.05, 4.69) is 17.9 Å². The van der Waals surface area contributed by atoms with Gasteiger partial charge in [0.05, 0.1) is 18.9 Å². The van der Waals surface area contributed by atoms with Gasteiger partial charge in [0.2, 0.25) is 0 Å². The number of aliphatic hydroxyl groups is 1. The number of aliphatic hydroxyl groups excluding tert-OH is 1. The van der Waals surface area contributed by atoms with Crippen LogP contribution in [0.5, 0.6) is 0 Å². The molecule has 0 radical (unpaired) electrons. The van der Waals surface area contributed by atoms with Crippen molar-refractivity contribution in [3.8, 4) is 0 Å². The van der Waals surface area contributed by atoms with Gasteiger partial charge in [-0.15, -0.1) is 11.3 Å². The average molecular weight is 366 g/mol. The third-order valence-electron chi connectivity index (χ3n) is 6.02. The number of esters is 1. The molecule has 1 aromatic rings. The largest absolute Gasteiger partial charge is 0.465 e. The molecule has 0 bridgehead atoms. The second kappa shape index (κ2) is 8.54. The van der Waals surface area contributed by atoms with Gasteiger partial charge < -0.3 is 14.7 Å². The number of carbonyl (C=O) groups excluding carboxylic acids is 1. The summed E-state index contributed by atoms with van der Waals surface area (Å²) in [6.45, 7) is 3.37. The van der Waals surface area contributed by atoms with E-state index in [-0.39, 0.29) is 12.1 Å².